The number of ether oxygens (including phenoxy) is 1. The first-order valence-electron chi connectivity index (χ1n) is 5.42. The molecule has 0 saturated heterocycles. The molecule has 0 fully saturated rings. The Kier molecular flexibility index (Phi) is 5.28. The zero-order chi connectivity index (χ0) is 12.7. The van der Waals surface area contributed by atoms with Crippen molar-refractivity contribution in [1.82, 2.24) is 0 Å². The highest BCUT2D eigenvalue weighted by Gasteiger charge is 2.26. The van der Waals surface area contributed by atoms with Gasteiger partial charge in [-0.15, -0.1) is 0 Å². The molecular formula is C12H16F3NO. The first-order chi connectivity index (χ1) is 7.97. The first kappa shape index (κ1) is 13.8. The second kappa shape index (κ2) is 6.49. The molecule has 1 aromatic rings. The van der Waals surface area contributed by atoms with Crippen LogP contribution >= 0.6 is 0 Å². The minimum atomic E-state index is -4.13. The molecule has 0 aliphatic carbocycles. The lowest BCUT2D eigenvalue weighted by Gasteiger charge is -2.09. The molecule has 0 heterocycles. The summed E-state index contributed by atoms with van der Waals surface area (Å²) in [5.41, 5.74) is 2.08. The maximum atomic E-state index is 11.8. The molecule has 0 aliphatic heterocycles. The summed E-state index contributed by atoms with van der Waals surface area (Å²) in [6.45, 7) is 2.47. The minimum Gasteiger partial charge on any atom is -0.383 e. The van der Waals surface area contributed by atoms with E-state index < -0.39 is 12.6 Å². The van der Waals surface area contributed by atoms with E-state index in [1.165, 1.54) is 0 Å². The van der Waals surface area contributed by atoms with Crippen LogP contribution in [0.5, 0.6) is 0 Å². The SMILES string of the molecule is Cc1cccc(NCCOCCC(F)(F)F)c1. The van der Waals surface area contributed by atoms with Crippen molar-refractivity contribution < 1.29 is 17.9 Å². The van der Waals surface area contributed by atoms with Crippen LogP contribution in [0.15, 0.2) is 24.3 Å². The maximum Gasteiger partial charge on any atom is 0.391 e. The number of nitrogens with one attached hydrogen (secondary N) is 1. The maximum absolute atomic E-state index is 11.8. The van der Waals surface area contributed by atoms with Crippen molar-refractivity contribution in [3.63, 3.8) is 0 Å². The summed E-state index contributed by atoms with van der Waals surface area (Å²) in [5.74, 6) is 0. The van der Waals surface area contributed by atoms with Crippen LogP contribution in [-0.4, -0.2) is 25.9 Å². The molecule has 1 N–H and O–H groups in total. The van der Waals surface area contributed by atoms with Crippen molar-refractivity contribution in [1.29, 1.82) is 0 Å². The van der Waals surface area contributed by atoms with Gasteiger partial charge in [-0.05, 0) is 24.6 Å². The Morgan fingerprint density at radius 2 is 2.00 bits per heavy atom. The lowest BCUT2D eigenvalue weighted by molar-refractivity contribution is -0.144. The molecule has 5 heteroatoms. The van der Waals surface area contributed by atoms with Gasteiger partial charge >= 0.3 is 6.18 Å². The van der Waals surface area contributed by atoms with Gasteiger partial charge in [0.05, 0.1) is 19.6 Å². The van der Waals surface area contributed by atoms with Crippen molar-refractivity contribution in [2.45, 2.75) is 19.5 Å². The molecular weight excluding hydrogens is 231 g/mol. The lowest BCUT2D eigenvalue weighted by atomic mass is 10.2. The van der Waals surface area contributed by atoms with Gasteiger partial charge in [0.15, 0.2) is 0 Å². The molecule has 0 radical (unpaired) electrons. The number of hydrogen-bond acceptors (Lipinski definition) is 2. The molecule has 0 saturated carbocycles. The fraction of sp³-hybridized carbons (Fsp3) is 0.500. The molecule has 0 aliphatic rings. The van der Waals surface area contributed by atoms with E-state index >= 15 is 0 Å². The Morgan fingerprint density at radius 3 is 2.65 bits per heavy atom. The van der Waals surface area contributed by atoms with E-state index in [-0.39, 0.29) is 13.2 Å². The zero-order valence-corrected chi connectivity index (χ0v) is 9.68. The van der Waals surface area contributed by atoms with E-state index in [1.54, 1.807) is 0 Å². The third-order valence-electron chi connectivity index (χ3n) is 2.12. The molecule has 0 atom stereocenters. The van der Waals surface area contributed by atoms with Gasteiger partial charge in [-0.3, -0.25) is 0 Å². The third kappa shape index (κ3) is 6.84. The van der Waals surface area contributed by atoms with Crippen LogP contribution in [0.3, 0.4) is 0 Å². The summed E-state index contributed by atoms with van der Waals surface area (Å²) in [4.78, 5) is 0. The van der Waals surface area contributed by atoms with Crippen molar-refractivity contribution in [3.05, 3.63) is 29.8 Å². The molecule has 0 bridgehead atoms. The standard InChI is InChI=1S/C12H16F3NO/c1-10-3-2-4-11(9-10)16-6-8-17-7-5-12(13,14)15/h2-4,9,16H,5-8H2,1H3. The average Bonchev–Trinajstić information content (AvgIpc) is 2.22. The second-order valence-electron chi connectivity index (χ2n) is 3.77. The number of hydrogen-bond donors (Lipinski definition) is 1. The third-order valence-corrected chi connectivity index (χ3v) is 2.12. The monoisotopic (exact) mass is 247 g/mol. The molecule has 0 amide bonds. The number of aryl methyl sites for hydroxylation is 1. The van der Waals surface area contributed by atoms with E-state index in [9.17, 15) is 13.2 Å². The first-order valence-corrected chi connectivity index (χ1v) is 5.42. The molecule has 96 valence electrons. The minimum absolute atomic E-state index is 0.268. The van der Waals surface area contributed by atoms with Crippen LogP contribution in [0.1, 0.15) is 12.0 Å². The van der Waals surface area contributed by atoms with Gasteiger partial charge in [-0.2, -0.15) is 13.2 Å². The van der Waals surface area contributed by atoms with Crippen LogP contribution in [-0.2, 0) is 4.74 Å². The van der Waals surface area contributed by atoms with Gasteiger partial charge in [-0.25, -0.2) is 0 Å². The highest BCUT2D eigenvalue weighted by molar-refractivity contribution is 5.45. The van der Waals surface area contributed by atoms with E-state index in [1.807, 2.05) is 31.2 Å². The van der Waals surface area contributed by atoms with Crippen molar-refractivity contribution in [3.8, 4) is 0 Å². The number of halogens is 3. The normalized spacial score (nSPS) is 11.5. The Labute approximate surface area is 98.8 Å². The Balaban J connectivity index is 2.09. The van der Waals surface area contributed by atoms with Crippen LogP contribution in [0, 0.1) is 6.92 Å². The fourth-order valence-electron chi connectivity index (χ4n) is 1.31. The van der Waals surface area contributed by atoms with Gasteiger partial charge in [0.1, 0.15) is 0 Å². The summed E-state index contributed by atoms with van der Waals surface area (Å²) in [7, 11) is 0. The Morgan fingerprint density at radius 1 is 1.24 bits per heavy atom. The average molecular weight is 247 g/mol. The predicted octanol–water partition coefficient (Wildman–Crippen LogP) is 3.38. The lowest BCUT2D eigenvalue weighted by Crippen LogP contribution is -2.15. The molecule has 1 aromatic carbocycles. The predicted molar refractivity (Wildman–Crippen MR) is 61.2 cm³/mol. The topological polar surface area (TPSA) is 21.3 Å². The summed E-state index contributed by atoms with van der Waals surface area (Å²) < 4.78 is 40.2. The zero-order valence-electron chi connectivity index (χ0n) is 9.68. The molecule has 0 spiro atoms. The largest absolute Gasteiger partial charge is 0.391 e. The van der Waals surface area contributed by atoms with E-state index in [4.69, 9.17) is 4.74 Å². The van der Waals surface area contributed by atoms with Gasteiger partial charge in [0.25, 0.3) is 0 Å². The van der Waals surface area contributed by atoms with Crippen LogP contribution in [0.4, 0.5) is 18.9 Å². The number of anilines is 1. The molecule has 2 nitrogen and oxygen atoms in total. The summed E-state index contributed by atoms with van der Waals surface area (Å²) in [5, 5.41) is 3.08. The number of benzene rings is 1. The molecule has 0 unspecified atom stereocenters. The molecule has 0 aromatic heterocycles. The van der Waals surface area contributed by atoms with Crippen molar-refractivity contribution in [2.75, 3.05) is 25.1 Å². The fourth-order valence-corrected chi connectivity index (χ4v) is 1.31. The Bertz CT molecular complexity index is 339. The molecule has 1 rings (SSSR count). The van der Waals surface area contributed by atoms with Gasteiger partial charge in [-0.1, -0.05) is 12.1 Å². The van der Waals surface area contributed by atoms with Gasteiger partial charge < -0.3 is 10.1 Å². The smallest absolute Gasteiger partial charge is 0.383 e. The van der Waals surface area contributed by atoms with Crippen LogP contribution in [0.25, 0.3) is 0 Å². The van der Waals surface area contributed by atoms with E-state index in [0.29, 0.717) is 6.54 Å². The second-order valence-corrected chi connectivity index (χ2v) is 3.77. The highest BCUT2D eigenvalue weighted by Crippen LogP contribution is 2.18. The summed E-state index contributed by atoms with van der Waals surface area (Å²) >= 11 is 0. The Hall–Kier alpha value is -1.23. The highest BCUT2D eigenvalue weighted by atomic mass is 19.4. The van der Waals surface area contributed by atoms with Crippen molar-refractivity contribution >= 4 is 5.69 Å². The van der Waals surface area contributed by atoms with Gasteiger partial charge in [0.2, 0.25) is 0 Å². The van der Waals surface area contributed by atoms with Crippen LogP contribution in [0.2, 0.25) is 0 Å². The quantitative estimate of drug-likeness (QED) is 0.778. The van der Waals surface area contributed by atoms with E-state index in [2.05, 4.69) is 5.32 Å². The van der Waals surface area contributed by atoms with E-state index in [0.717, 1.165) is 11.3 Å². The number of alkyl halides is 3. The molecule has 17 heavy (non-hydrogen) atoms. The summed E-state index contributed by atoms with van der Waals surface area (Å²) in [6.07, 6.45) is -5.03. The number of rotatable bonds is 6. The van der Waals surface area contributed by atoms with Gasteiger partial charge in [0, 0.05) is 12.2 Å². The van der Waals surface area contributed by atoms with Crippen LogP contribution < -0.4 is 5.32 Å². The summed E-state index contributed by atoms with van der Waals surface area (Å²) in [6, 6.07) is 7.77. The van der Waals surface area contributed by atoms with Crippen molar-refractivity contribution in [2.24, 2.45) is 0 Å².